The van der Waals surface area contributed by atoms with Crippen LogP contribution in [0, 0.1) is 6.92 Å². The molecule has 0 bridgehead atoms. The van der Waals surface area contributed by atoms with Crippen molar-refractivity contribution in [3.8, 4) is 0 Å². The molecule has 3 rings (SSSR count). The predicted octanol–water partition coefficient (Wildman–Crippen LogP) is 2.30. The van der Waals surface area contributed by atoms with Crippen molar-refractivity contribution in [2.75, 3.05) is 13.1 Å². The second kappa shape index (κ2) is 4.35. The van der Waals surface area contributed by atoms with Crippen molar-refractivity contribution in [3.05, 3.63) is 23.7 Å². The molecule has 0 aliphatic carbocycles. The van der Waals surface area contributed by atoms with E-state index in [1.807, 2.05) is 12.3 Å². The minimum atomic E-state index is 0.182. The fraction of sp³-hybridized carbons (Fsp3) is 0.571. The summed E-state index contributed by atoms with van der Waals surface area (Å²) in [5, 5.41) is 3.48. The van der Waals surface area contributed by atoms with Gasteiger partial charge in [0.05, 0.1) is 5.52 Å². The van der Waals surface area contributed by atoms with Crippen molar-refractivity contribution in [1.29, 1.82) is 0 Å². The third-order valence-electron chi connectivity index (χ3n) is 4.08. The Morgan fingerprint density at radius 1 is 1.44 bits per heavy atom. The zero-order chi connectivity index (χ0) is 12.6. The molecule has 0 spiro atoms. The highest BCUT2D eigenvalue weighted by Gasteiger charge is 2.37. The Balaban J connectivity index is 2.09. The molecule has 1 aliphatic heterocycles. The van der Waals surface area contributed by atoms with Gasteiger partial charge in [-0.25, -0.2) is 9.97 Å². The Morgan fingerprint density at radius 3 is 3.00 bits per heavy atom. The first kappa shape index (κ1) is 11.7. The molecule has 4 heteroatoms. The van der Waals surface area contributed by atoms with Gasteiger partial charge >= 0.3 is 0 Å². The van der Waals surface area contributed by atoms with E-state index in [4.69, 9.17) is 4.98 Å². The van der Waals surface area contributed by atoms with Crippen molar-refractivity contribution in [2.24, 2.45) is 0 Å². The normalized spacial score (nSPS) is 23.9. The average molecular weight is 244 g/mol. The number of aromatic amines is 1. The molecule has 0 aromatic carbocycles. The zero-order valence-corrected chi connectivity index (χ0v) is 11.1. The van der Waals surface area contributed by atoms with E-state index in [0.717, 1.165) is 30.1 Å². The highest BCUT2D eigenvalue weighted by molar-refractivity contribution is 5.74. The van der Waals surface area contributed by atoms with Crippen LogP contribution in [0.2, 0.25) is 0 Å². The van der Waals surface area contributed by atoms with Crippen molar-refractivity contribution >= 4 is 11.2 Å². The number of nitrogens with one attached hydrogen (secondary N) is 2. The van der Waals surface area contributed by atoms with E-state index < -0.39 is 0 Å². The molecule has 0 saturated carbocycles. The van der Waals surface area contributed by atoms with E-state index in [2.05, 4.69) is 29.1 Å². The van der Waals surface area contributed by atoms with E-state index in [1.54, 1.807) is 0 Å². The molecule has 1 fully saturated rings. The molecular formula is C14H20N4. The van der Waals surface area contributed by atoms with Crippen LogP contribution in [0.4, 0.5) is 0 Å². The molecule has 18 heavy (non-hydrogen) atoms. The minimum Gasteiger partial charge on any atom is -0.340 e. The Hall–Kier alpha value is -1.42. The van der Waals surface area contributed by atoms with Crippen molar-refractivity contribution < 1.29 is 0 Å². The van der Waals surface area contributed by atoms with Gasteiger partial charge in [0.2, 0.25) is 0 Å². The number of aryl methyl sites for hydroxylation is 1. The number of H-pyrrole nitrogens is 1. The highest BCUT2D eigenvalue weighted by atomic mass is 15.0. The molecule has 2 N–H and O–H groups in total. The Bertz CT molecular complexity index is 552. The summed E-state index contributed by atoms with van der Waals surface area (Å²) < 4.78 is 0. The molecule has 0 amide bonds. The SMILES string of the molecule is CCCC1(c2nc3nccc(C)c3[nH]2)CCNC1. The number of hydrogen-bond donors (Lipinski definition) is 2. The van der Waals surface area contributed by atoms with E-state index in [9.17, 15) is 0 Å². The van der Waals surface area contributed by atoms with Gasteiger partial charge in [0, 0.05) is 18.2 Å². The molecule has 4 nitrogen and oxygen atoms in total. The summed E-state index contributed by atoms with van der Waals surface area (Å²) in [6.45, 7) is 6.46. The maximum Gasteiger partial charge on any atom is 0.177 e. The molecule has 3 heterocycles. The third-order valence-corrected chi connectivity index (χ3v) is 4.08. The zero-order valence-electron chi connectivity index (χ0n) is 11.1. The summed E-state index contributed by atoms with van der Waals surface area (Å²) in [6, 6.07) is 2.03. The van der Waals surface area contributed by atoms with Crippen molar-refractivity contribution in [2.45, 2.75) is 38.5 Å². The van der Waals surface area contributed by atoms with Gasteiger partial charge in [-0.1, -0.05) is 13.3 Å². The second-order valence-electron chi connectivity index (χ2n) is 5.37. The Labute approximate surface area is 107 Å². The van der Waals surface area contributed by atoms with Gasteiger partial charge in [-0.3, -0.25) is 0 Å². The monoisotopic (exact) mass is 244 g/mol. The Morgan fingerprint density at radius 2 is 2.33 bits per heavy atom. The van der Waals surface area contributed by atoms with Crippen LogP contribution in [0.1, 0.15) is 37.6 Å². The number of imidazole rings is 1. The van der Waals surface area contributed by atoms with Crippen LogP contribution in [-0.2, 0) is 5.41 Å². The number of hydrogen-bond acceptors (Lipinski definition) is 3. The topological polar surface area (TPSA) is 53.6 Å². The first-order valence-electron chi connectivity index (χ1n) is 6.78. The number of rotatable bonds is 3. The van der Waals surface area contributed by atoms with Crippen LogP contribution in [0.5, 0.6) is 0 Å². The number of nitrogens with zero attached hydrogens (tertiary/aromatic N) is 2. The first-order valence-corrected chi connectivity index (χ1v) is 6.78. The van der Waals surface area contributed by atoms with Gasteiger partial charge in [-0.05, 0) is 37.9 Å². The van der Waals surface area contributed by atoms with Crippen LogP contribution < -0.4 is 5.32 Å². The van der Waals surface area contributed by atoms with Crippen LogP contribution >= 0.6 is 0 Å². The van der Waals surface area contributed by atoms with Gasteiger partial charge < -0.3 is 10.3 Å². The molecule has 1 atom stereocenters. The van der Waals surface area contributed by atoms with Crippen LogP contribution in [0.3, 0.4) is 0 Å². The van der Waals surface area contributed by atoms with Crippen LogP contribution in [0.25, 0.3) is 11.2 Å². The predicted molar refractivity (Wildman–Crippen MR) is 72.7 cm³/mol. The first-order chi connectivity index (χ1) is 8.75. The molecule has 1 aliphatic rings. The lowest BCUT2D eigenvalue weighted by atomic mass is 9.82. The lowest BCUT2D eigenvalue weighted by Crippen LogP contribution is -2.30. The highest BCUT2D eigenvalue weighted by Crippen LogP contribution is 2.34. The van der Waals surface area contributed by atoms with E-state index in [-0.39, 0.29) is 5.41 Å². The molecule has 0 radical (unpaired) electrons. The summed E-state index contributed by atoms with van der Waals surface area (Å²) in [7, 11) is 0. The molecule has 1 saturated heterocycles. The van der Waals surface area contributed by atoms with Crippen molar-refractivity contribution in [1.82, 2.24) is 20.3 Å². The van der Waals surface area contributed by atoms with Gasteiger partial charge in [0.15, 0.2) is 5.65 Å². The quantitative estimate of drug-likeness (QED) is 0.871. The lowest BCUT2D eigenvalue weighted by Gasteiger charge is -2.25. The summed E-state index contributed by atoms with van der Waals surface area (Å²) in [4.78, 5) is 12.6. The maximum atomic E-state index is 4.74. The third kappa shape index (κ3) is 1.72. The molecule has 2 aromatic heterocycles. The average Bonchev–Trinajstić information content (AvgIpc) is 2.97. The smallest absolute Gasteiger partial charge is 0.177 e. The summed E-state index contributed by atoms with van der Waals surface area (Å²) in [5.41, 5.74) is 3.35. The number of fused-ring (bicyclic) bond motifs is 1. The van der Waals surface area contributed by atoms with Gasteiger partial charge in [0.1, 0.15) is 5.82 Å². The van der Waals surface area contributed by atoms with Crippen molar-refractivity contribution in [3.63, 3.8) is 0 Å². The summed E-state index contributed by atoms with van der Waals surface area (Å²) in [6.07, 6.45) is 5.37. The summed E-state index contributed by atoms with van der Waals surface area (Å²) in [5.74, 6) is 1.12. The number of pyridine rings is 1. The largest absolute Gasteiger partial charge is 0.340 e. The second-order valence-corrected chi connectivity index (χ2v) is 5.37. The fourth-order valence-electron chi connectivity index (χ4n) is 3.04. The molecule has 2 aromatic rings. The molecule has 1 unspecified atom stereocenters. The molecule has 96 valence electrons. The maximum absolute atomic E-state index is 4.74. The minimum absolute atomic E-state index is 0.182. The van der Waals surface area contributed by atoms with Gasteiger partial charge in [-0.2, -0.15) is 0 Å². The molecular weight excluding hydrogens is 224 g/mol. The van der Waals surface area contributed by atoms with E-state index in [1.165, 1.54) is 24.8 Å². The number of aromatic nitrogens is 3. The van der Waals surface area contributed by atoms with E-state index in [0.29, 0.717) is 0 Å². The Kier molecular flexibility index (Phi) is 2.82. The van der Waals surface area contributed by atoms with Gasteiger partial charge in [-0.15, -0.1) is 0 Å². The lowest BCUT2D eigenvalue weighted by molar-refractivity contribution is 0.406. The summed E-state index contributed by atoms with van der Waals surface area (Å²) >= 11 is 0. The van der Waals surface area contributed by atoms with Crippen LogP contribution in [0.15, 0.2) is 12.3 Å². The van der Waals surface area contributed by atoms with Gasteiger partial charge in [0.25, 0.3) is 0 Å². The van der Waals surface area contributed by atoms with E-state index >= 15 is 0 Å². The standard InChI is InChI=1S/C14H20N4/c1-3-5-14(6-8-15-9-14)13-17-11-10(2)4-7-16-12(11)18-13/h4,7,15H,3,5-6,8-9H2,1-2H3,(H,16,17,18). The fourth-order valence-corrected chi connectivity index (χ4v) is 3.04. The van der Waals surface area contributed by atoms with Crippen LogP contribution in [-0.4, -0.2) is 28.0 Å².